The summed E-state index contributed by atoms with van der Waals surface area (Å²) in [7, 11) is 1.71. The van der Waals surface area contributed by atoms with Crippen molar-refractivity contribution in [1.29, 1.82) is 0 Å². The van der Waals surface area contributed by atoms with E-state index in [9.17, 15) is 4.79 Å². The molecular formula is C19H25N3O. The van der Waals surface area contributed by atoms with Gasteiger partial charge in [-0.2, -0.15) is 0 Å². The van der Waals surface area contributed by atoms with E-state index in [1.54, 1.807) is 7.05 Å². The highest BCUT2D eigenvalue weighted by Crippen LogP contribution is 2.30. The van der Waals surface area contributed by atoms with Gasteiger partial charge in [0.05, 0.1) is 18.2 Å². The number of aromatic nitrogens is 2. The van der Waals surface area contributed by atoms with Gasteiger partial charge in [-0.25, -0.2) is 4.98 Å². The summed E-state index contributed by atoms with van der Waals surface area (Å²) >= 11 is 0. The fourth-order valence-corrected chi connectivity index (χ4v) is 3.52. The van der Waals surface area contributed by atoms with Gasteiger partial charge in [0, 0.05) is 25.6 Å². The molecule has 0 atom stereocenters. The topological polar surface area (TPSA) is 46.9 Å². The normalized spacial score (nSPS) is 16.0. The highest BCUT2D eigenvalue weighted by atomic mass is 16.1. The zero-order valence-electron chi connectivity index (χ0n) is 13.8. The van der Waals surface area contributed by atoms with Gasteiger partial charge in [-0.1, -0.05) is 43.5 Å². The summed E-state index contributed by atoms with van der Waals surface area (Å²) < 4.78 is 2.17. The van der Waals surface area contributed by atoms with Crippen LogP contribution >= 0.6 is 0 Å². The van der Waals surface area contributed by atoms with E-state index in [1.165, 1.54) is 48.9 Å². The molecule has 1 aliphatic carbocycles. The molecule has 122 valence electrons. The molecule has 2 aromatic rings. The number of rotatable bonds is 2. The molecule has 2 aliphatic rings. The molecule has 23 heavy (non-hydrogen) atoms. The Labute approximate surface area is 137 Å². The lowest BCUT2D eigenvalue weighted by Gasteiger charge is -2.20. The Morgan fingerprint density at radius 3 is 2.83 bits per heavy atom. The maximum atomic E-state index is 11.0. The van der Waals surface area contributed by atoms with Crippen molar-refractivity contribution < 1.29 is 4.79 Å². The standard InChI is InChI=1S/C10H8N2.C9H17NO/c1-2-4-9-8(3-1)6-12-7-11-5-10(9)12;1-10-9(11)7-8-5-3-2-4-6-8/h1-5,7H,6H2;8H,2-7H2,1H3,(H,10,11). The van der Waals surface area contributed by atoms with Crippen LogP contribution in [0.3, 0.4) is 0 Å². The predicted octanol–water partition coefficient (Wildman–Crippen LogP) is 3.61. The molecule has 4 nitrogen and oxygen atoms in total. The molecule has 1 aromatic carbocycles. The van der Waals surface area contributed by atoms with Crippen LogP contribution in [0.2, 0.25) is 0 Å². The molecule has 0 radical (unpaired) electrons. The fraction of sp³-hybridized carbons (Fsp3) is 0.474. The minimum Gasteiger partial charge on any atom is -0.359 e. The fourth-order valence-electron chi connectivity index (χ4n) is 3.52. The Morgan fingerprint density at radius 2 is 2.04 bits per heavy atom. The van der Waals surface area contributed by atoms with Gasteiger partial charge >= 0.3 is 0 Å². The Bertz CT molecular complexity index is 656. The van der Waals surface area contributed by atoms with Crippen molar-refractivity contribution >= 4 is 5.91 Å². The summed E-state index contributed by atoms with van der Waals surface area (Å²) in [5.41, 5.74) is 3.97. The van der Waals surface area contributed by atoms with Crippen molar-refractivity contribution in [2.45, 2.75) is 45.1 Å². The molecular weight excluding hydrogens is 286 g/mol. The third kappa shape index (κ3) is 3.81. The van der Waals surface area contributed by atoms with Crippen LogP contribution in [0, 0.1) is 5.92 Å². The quantitative estimate of drug-likeness (QED) is 0.786. The van der Waals surface area contributed by atoms with Crippen molar-refractivity contribution in [2.75, 3.05) is 7.05 Å². The van der Waals surface area contributed by atoms with E-state index in [-0.39, 0.29) is 5.91 Å². The zero-order chi connectivity index (χ0) is 16.1. The molecule has 1 fully saturated rings. The minimum atomic E-state index is 0.205. The molecule has 1 aromatic heterocycles. The maximum absolute atomic E-state index is 11.0. The zero-order valence-corrected chi connectivity index (χ0v) is 13.8. The molecule has 1 amide bonds. The van der Waals surface area contributed by atoms with Gasteiger partial charge in [0.1, 0.15) is 0 Å². The van der Waals surface area contributed by atoms with Crippen LogP contribution in [0.4, 0.5) is 0 Å². The van der Waals surface area contributed by atoms with Gasteiger partial charge in [-0.05, 0) is 24.3 Å². The largest absolute Gasteiger partial charge is 0.359 e. The van der Waals surface area contributed by atoms with Gasteiger partial charge in [0.25, 0.3) is 0 Å². The average Bonchev–Trinajstić information content (AvgIpc) is 3.17. The lowest BCUT2D eigenvalue weighted by Crippen LogP contribution is -2.22. The molecule has 1 aliphatic heterocycles. The average molecular weight is 311 g/mol. The molecule has 1 N–H and O–H groups in total. The second-order valence-electron chi connectivity index (χ2n) is 6.45. The van der Waals surface area contributed by atoms with Crippen LogP contribution < -0.4 is 5.32 Å². The molecule has 1 saturated carbocycles. The number of hydrogen-bond acceptors (Lipinski definition) is 2. The number of nitrogens with zero attached hydrogens (tertiary/aromatic N) is 2. The number of fused-ring (bicyclic) bond motifs is 3. The van der Waals surface area contributed by atoms with Crippen molar-refractivity contribution in [3.63, 3.8) is 0 Å². The van der Waals surface area contributed by atoms with E-state index in [1.807, 2.05) is 12.5 Å². The molecule has 0 bridgehead atoms. The number of imidazole rings is 1. The lowest BCUT2D eigenvalue weighted by molar-refractivity contribution is -0.121. The van der Waals surface area contributed by atoms with Crippen molar-refractivity contribution in [3.05, 3.63) is 42.4 Å². The van der Waals surface area contributed by atoms with E-state index in [4.69, 9.17) is 0 Å². The second-order valence-corrected chi connectivity index (χ2v) is 6.45. The van der Waals surface area contributed by atoms with E-state index < -0.39 is 0 Å². The van der Waals surface area contributed by atoms with Crippen LogP contribution in [-0.2, 0) is 11.3 Å². The first-order chi connectivity index (χ1) is 11.3. The van der Waals surface area contributed by atoms with Crippen LogP contribution in [-0.4, -0.2) is 22.5 Å². The molecule has 4 heteroatoms. The monoisotopic (exact) mass is 311 g/mol. The predicted molar refractivity (Wildman–Crippen MR) is 92.0 cm³/mol. The maximum Gasteiger partial charge on any atom is 0.220 e. The Kier molecular flexibility index (Phi) is 5.11. The van der Waals surface area contributed by atoms with Crippen molar-refractivity contribution in [1.82, 2.24) is 14.9 Å². The molecule has 2 heterocycles. The number of nitrogens with one attached hydrogen (secondary N) is 1. The Hall–Kier alpha value is -2.10. The van der Waals surface area contributed by atoms with Gasteiger partial charge < -0.3 is 9.88 Å². The third-order valence-corrected chi connectivity index (χ3v) is 4.82. The van der Waals surface area contributed by atoms with Gasteiger partial charge in [0.2, 0.25) is 5.91 Å². The Morgan fingerprint density at radius 1 is 1.26 bits per heavy atom. The molecule has 0 unspecified atom stereocenters. The van der Waals surface area contributed by atoms with E-state index in [2.05, 4.69) is 39.1 Å². The molecule has 0 saturated heterocycles. The third-order valence-electron chi connectivity index (χ3n) is 4.82. The van der Waals surface area contributed by atoms with Crippen LogP contribution in [0.25, 0.3) is 11.3 Å². The van der Waals surface area contributed by atoms with Gasteiger partial charge in [0.15, 0.2) is 0 Å². The van der Waals surface area contributed by atoms with E-state index >= 15 is 0 Å². The van der Waals surface area contributed by atoms with E-state index in [0.29, 0.717) is 5.92 Å². The van der Waals surface area contributed by atoms with Crippen molar-refractivity contribution in [2.24, 2.45) is 5.92 Å². The Balaban J connectivity index is 0.000000137. The van der Waals surface area contributed by atoms with Crippen LogP contribution in [0.15, 0.2) is 36.8 Å². The molecule has 4 rings (SSSR count). The number of carbonyl (C=O) groups is 1. The molecule has 0 spiro atoms. The van der Waals surface area contributed by atoms with Gasteiger partial charge in [-0.3, -0.25) is 4.79 Å². The summed E-state index contributed by atoms with van der Waals surface area (Å²) in [6.07, 6.45) is 11.1. The number of amides is 1. The van der Waals surface area contributed by atoms with Crippen LogP contribution in [0.5, 0.6) is 0 Å². The van der Waals surface area contributed by atoms with E-state index in [0.717, 1.165) is 13.0 Å². The lowest BCUT2D eigenvalue weighted by atomic mass is 9.87. The first-order valence-electron chi connectivity index (χ1n) is 8.57. The number of benzene rings is 1. The smallest absolute Gasteiger partial charge is 0.220 e. The summed E-state index contributed by atoms with van der Waals surface area (Å²) in [4.78, 5) is 15.1. The first-order valence-corrected chi connectivity index (χ1v) is 8.57. The summed E-state index contributed by atoms with van der Waals surface area (Å²) in [6.45, 7) is 0.978. The van der Waals surface area contributed by atoms with Gasteiger partial charge in [-0.15, -0.1) is 0 Å². The summed E-state index contributed by atoms with van der Waals surface area (Å²) in [5, 5.41) is 2.67. The number of hydrogen-bond donors (Lipinski definition) is 1. The highest BCUT2D eigenvalue weighted by Gasteiger charge is 2.16. The first kappa shape index (κ1) is 15.8. The van der Waals surface area contributed by atoms with Crippen LogP contribution in [0.1, 0.15) is 44.1 Å². The highest BCUT2D eigenvalue weighted by molar-refractivity contribution is 5.75. The summed E-state index contributed by atoms with van der Waals surface area (Å²) in [5.74, 6) is 0.876. The minimum absolute atomic E-state index is 0.205. The SMILES string of the molecule is CNC(=O)CC1CCCCC1.c1ccc2c(c1)Cn1cncc1-2. The van der Waals surface area contributed by atoms with Crippen molar-refractivity contribution in [3.8, 4) is 11.3 Å². The second kappa shape index (κ2) is 7.44. The summed E-state index contributed by atoms with van der Waals surface area (Å²) in [6, 6.07) is 8.47. The number of carbonyl (C=O) groups excluding carboxylic acids is 1.